The van der Waals surface area contributed by atoms with Gasteiger partial charge in [-0.25, -0.2) is 0 Å². The molecule has 4 aliphatic rings. The van der Waals surface area contributed by atoms with Crippen LogP contribution in [0.25, 0.3) is 0 Å². The Kier molecular flexibility index (Phi) is 4.04. The van der Waals surface area contributed by atoms with E-state index in [1.807, 2.05) is 0 Å². The molecule has 1 aliphatic heterocycles. The van der Waals surface area contributed by atoms with E-state index in [0.717, 1.165) is 24.4 Å². The minimum atomic E-state index is 0.204. The summed E-state index contributed by atoms with van der Waals surface area (Å²) in [5.41, 5.74) is 0.933. The summed E-state index contributed by atoms with van der Waals surface area (Å²) in [6.45, 7) is 2.22. The standard InChI is InChI=1S/C19H33NO/c1-2-6-16(5-1)13-17-14-20-15-19(21-17)11-9-18(10-12-19)7-3-4-8-18/h16-17,20H,1-15H2. The van der Waals surface area contributed by atoms with E-state index in [-0.39, 0.29) is 5.60 Å². The van der Waals surface area contributed by atoms with E-state index in [9.17, 15) is 0 Å². The molecule has 0 amide bonds. The molecule has 1 unspecified atom stereocenters. The first-order valence-corrected chi connectivity index (χ1v) is 9.66. The van der Waals surface area contributed by atoms with Crippen LogP contribution in [0.2, 0.25) is 0 Å². The van der Waals surface area contributed by atoms with E-state index in [1.54, 1.807) is 0 Å². The Morgan fingerprint density at radius 1 is 0.857 bits per heavy atom. The van der Waals surface area contributed by atoms with E-state index in [0.29, 0.717) is 6.10 Å². The average molecular weight is 291 g/mol. The van der Waals surface area contributed by atoms with Crippen LogP contribution in [0.15, 0.2) is 0 Å². The fourth-order valence-electron chi connectivity index (χ4n) is 5.80. The summed E-state index contributed by atoms with van der Waals surface area (Å²) < 4.78 is 6.72. The van der Waals surface area contributed by atoms with E-state index in [1.165, 1.54) is 83.5 Å². The molecular formula is C19H33NO. The predicted octanol–water partition coefficient (Wildman–Crippen LogP) is 4.43. The average Bonchev–Trinajstić information content (AvgIpc) is 3.16. The van der Waals surface area contributed by atoms with E-state index < -0.39 is 0 Å². The van der Waals surface area contributed by atoms with Gasteiger partial charge in [0.1, 0.15) is 0 Å². The van der Waals surface area contributed by atoms with Crippen molar-refractivity contribution in [2.45, 2.75) is 95.2 Å². The molecule has 0 aromatic rings. The predicted molar refractivity (Wildman–Crippen MR) is 86.4 cm³/mol. The van der Waals surface area contributed by atoms with Gasteiger partial charge in [0.2, 0.25) is 0 Å². The largest absolute Gasteiger partial charge is 0.369 e. The number of rotatable bonds is 2. The molecule has 21 heavy (non-hydrogen) atoms. The van der Waals surface area contributed by atoms with Crippen molar-refractivity contribution in [1.82, 2.24) is 5.32 Å². The maximum atomic E-state index is 6.72. The molecule has 1 atom stereocenters. The Labute approximate surface area is 130 Å². The van der Waals surface area contributed by atoms with Gasteiger partial charge in [-0.05, 0) is 56.3 Å². The summed E-state index contributed by atoms with van der Waals surface area (Å²) in [6.07, 6.45) is 19.1. The molecule has 0 bridgehead atoms. The molecule has 3 aliphatic carbocycles. The Bertz CT molecular complexity index is 345. The number of hydrogen-bond donors (Lipinski definition) is 1. The van der Waals surface area contributed by atoms with Gasteiger partial charge in [-0.2, -0.15) is 0 Å². The maximum absolute atomic E-state index is 6.72. The van der Waals surface area contributed by atoms with Crippen LogP contribution in [0.4, 0.5) is 0 Å². The van der Waals surface area contributed by atoms with Crippen molar-refractivity contribution in [3.8, 4) is 0 Å². The third kappa shape index (κ3) is 3.03. The first kappa shape index (κ1) is 14.5. The Morgan fingerprint density at radius 3 is 2.29 bits per heavy atom. The van der Waals surface area contributed by atoms with Crippen LogP contribution < -0.4 is 5.32 Å². The Morgan fingerprint density at radius 2 is 1.57 bits per heavy atom. The van der Waals surface area contributed by atoms with Crippen molar-refractivity contribution in [3.05, 3.63) is 0 Å². The molecule has 2 nitrogen and oxygen atoms in total. The smallest absolute Gasteiger partial charge is 0.0811 e. The first-order chi connectivity index (χ1) is 10.3. The van der Waals surface area contributed by atoms with Crippen molar-refractivity contribution in [1.29, 1.82) is 0 Å². The van der Waals surface area contributed by atoms with Crippen LogP contribution >= 0.6 is 0 Å². The minimum Gasteiger partial charge on any atom is -0.369 e. The van der Waals surface area contributed by atoms with Crippen molar-refractivity contribution in [2.75, 3.05) is 13.1 Å². The molecule has 1 N–H and O–H groups in total. The fraction of sp³-hybridized carbons (Fsp3) is 1.00. The molecule has 0 aromatic carbocycles. The number of hydrogen-bond acceptors (Lipinski definition) is 2. The molecule has 2 spiro atoms. The zero-order valence-corrected chi connectivity index (χ0v) is 13.7. The second-order valence-corrected chi connectivity index (χ2v) is 8.65. The molecule has 120 valence electrons. The van der Waals surface area contributed by atoms with Crippen LogP contribution in [0.5, 0.6) is 0 Å². The topological polar surface area (TPSA) is 21.3 Å². The lowest BCUT2D eigenvalue weighted by Gasteiger charge is -2.49. The highest BCUT2D eigenvalue weighted by molar-refractivity contribution is 4.99. The minimum absolute atomic E-state index is 0.204. The van der Waals surface area contributed by atoms with E-state index in [4.69, 9.17) is 4.74 Å². The molecule has 3 saturated carbocycles. The van der Waals surface area contributed by atoms with E-state index >= 15 is 0 Å². The van der Waals surface area contributed by atoms with Gasteiger partial charge in [0.25, 0.3) is 0 Å². The third-order valence-electron chi connectivity index (χ3n) is 7.19. The van der Waals surface area contributed by atoms with Gasteiger partial charge in [0, 0.05) is 13.1 Å². The summed E-state index contributed by atoms with van der Waals surface area (Å²) in [6, 6.07) is 0. The third-order valence-corrected chi connectivity index (χ3v) is 7.19. The van der Waals surface area contributed by atoms with Crippen LogP contribution in [-0.2, 0) is 4.74 Å². The Hall–Kier alpha value is -0.0800. The molecule has 0 radical (unpaired) electrons. The lowest BCUT2D eigenvalue weighted by atomic mass is 9.67. The molecule has 4 fully saturated rings. The van der Waals surface area contributed by atoms with Crippen LogP contribution in [-0.4, -0.2) is 24.8 Å². The van der Waals surface area contributed by atoms with Crippen molar-refractivity contribution in [2.24, 2.45) is 11.3 Å². The van der Waals surface area contributed by atoms with Gasteiger partial charge in [0.15, 0.2) is 0 Å². The lowest BCUT2D eigenvalue weighted by molar-refractivity contribution is -0.152. The second kappa shape index (κ2) is 5.85. The van der Waals surface area contributed by atoms with Crippen molar-refractivity contribution < 1.29 is 4.74 Å². The summed E-state index contributed by atoms with van der Waals surface area (Å²) >= 11 is 0. The SMILES string of the molecule is C1CCC(CC2CNCC3(CCC4(CCCC4)CC3)O2)C1. The van der Waals surface area contributed by atoms with Gasteiger partial charge in [-0.15, -0.1) is 0 Å². The zero-order chi connectivity index (χ0) is 14.2. The van der Waals surface area contributed by atoms with E-state index in [2.05, 4.69) is 5.32 Å². The van der Waals surface area contributed by atoms with Crippen LogP contribution in [0, 0.1) is 11.3 Å². The summed E-state index contributed by atoms with van der Waals surface area (Å²) in [5, 5.41) is 3.72. The van der Waals surface area contributed by atoms with Crippen molar-refractivity contribution in [3.63, 3.8) is 0 Å². The second-order valence-electron chi connectivity index (χ2n) is 8.65. The van der Waals surface area contributed by atoms with Gasteiger partial charge in [-0.3, -0.25) is 0 Å². The fourth-order valence-corrected chi connectivity index (χ4v) is 5.80. The van der Waals surface area contributed by atoms with Gasteiger partial charge < -0.3 is 10.1 Å². The summed E-state index contributed by atoms with van der Waals surface area (Å²) in [4.78, 5) is 0. The normalized spacial score (nSPS) is 35.7. The Balaban J connectivity index is 1.34. The van der Waals surface area contributed by atoms with Gasteiger partial charge >= 0.3 is 0 Å². The maximum Gasteiger partial charge on any atom is 0.0811 e. The van der Waals surface area contributed by atoms with Gasteiger partial charge in [0.05, 0.1) is 11.7 Å². The van der Waals surface area contributed by atoms with Crippen LogP contribution in [0.3, 0.4) is 0 Å². The monoisotopic (exact) mass is 291 g/mol. The van der Waals surface area contributed by atoms with Crippen LogP contribution in [0.1, 0.15) is 83.5 Å². The molecular weight excluding hydrogens is 258 g/mol. The highest BCUT2D eigenvalue weighted by Gasteiger charge is 2.46. The highest BCUT2D eigenvalue weighted by Crippen LogP contribution is 2.52. The number of ether oxygens (including phenoxy) is 1. The highest BCUT2D eigenvalue weighted by atomic mass is 16.5. The molecule has 2 heteroatoms. The summed E-state index contributed by atoms with van der Waals surface area (Å²) in [7, 11) is 0. The van der Waals surface area contributed by atoms with Gasteiger partial charge in [-0.1, -0.05) is 38.5 Å². The first-order valence-electron chi connectivity index (χ1n) is 9.66. The quantitative estimate of drug-likeness (QED) is 0.812. The molecule has 1 saturated heterocycles. The summed E-state index contributed by atoms with van der Waals surface area (Å²) in [5.74, 6) is 0.955. The number of morpholine rings is 1. The van der Waals surface area contributed by atoms with Crippen molar-refractivity contribution >= 4 is 0 Å². The number of nitrogens with one attached hydrogen (secondary N) is 1. The zero-order valence-electron chi connectivity index (χ0n) is 13.7. The molecule has 4 rings (SSSR count). The molecule has 1 heterocycles. The molecule has 0 aromatic heterocycles. The lowest BCUT2D eigenvalue weighted by Crippen LogP contribution is -2.56.